The number of hydrogen-bond acceptors (Lipinski definition) is 6. The van der Waals surface area contributed by atoms with Crippen molar-refractivity contribution in [3.63, 3.8) is 0 Å². The number of H-pyrrole nitrogens is 1. The third-order valence-electron chi connectivity index (χ3n) is 4.81. The summed E-state index contributed by atoms with van der Waals surface area (Å²) in [6.07, 6.45) is 3.60. The summed E-state index contributed by atoms with van der Waals surface area (Å²) in [5.74, 6) is 1.97. The van der Waals surface area contributed by atoms with Crippen LogP contribution in [0.4, 0.5) is 4.39 Å². The molecule has 8 nitrogen and oxygen atoms in total. The average Bonchev–Trinajstić information content (AvgIpc) is 3.43. The highest BCUT2D eigenvalue weighted by molar-refractivity contribution is 7.98. The summed E-state index contributed by atoms with van der Waals surface area (Å²) in [4.78, 5) is 17.0. The molecule has 0 spiro atoms. The Morgan fingerprint density at radius 3 is 2.74 bits per heavy atom. The first-order chi connectivity index (χ1) is 15.1. The van der Waals surface area contributed by atoms with Gasteiger partial charge in [0.25, 0.3) is 5.56 Å². The number of aromatic nitrogens is 7. The van der Waals surface area contributed by atoms with Crippen LogP contribution in [0, 0.1) is 5.82 Å². The Bertz CT molecular complexity index is 1480. The van der Waals surface area contributed by atoms with Gasteiger partial charge in [0.1, 0.15) is 17.5 Å². The van der Waals surface area contributed by atoms with Crippen LogP contribution in [0.25, 0.3) is 28.8 Å². The molecule has 31 heavy (non-hydrogen) atoms. The molecule has 0 unspecified atom stereocenters. The second kappa shape index (κ2) is 7.80. The van der Waals surface area contributed by atoms with Gasteiger partial charge in [-0.15, -0.1) is 15.3 Å². The fourth-order valence-corrected chi connectivity index (χ4v) is 3.98. The van der Waals surface area contributed by atoms with E-state index in [0.717, 1.165) is 11.1 Å². The molecule has 0 saturated carbocycles. The summed E-state index contributed by atoms with van der Waals surface area (Å²) in [6.45, 7) is 0. The smallest absolute Gasteiger partial charge is 0.262 e. The zero-order valence-corrected chi connectivity index (χ0v) is 17.2. The molecule has 3 heterocycles. The Balaban J connectivity index is 1.38. The van der Waals surface area contributed by atoms with E-state index in [1.807, 2.05) is 28.7 Å². The van der Waals surface area contributed by atoms with Crippen LogP contribution >= 0.6 is 11.8 Å². The minimum atomic E-state index is -0.274. The molecule has 0 bridgehead atoms. The molecule has 1 N–H and O–H groups in total. The summed E-state index contributed by atoms with van der Waals surface area (Å²) >= 11 is 1.41. The van der Waals surface area contributed by atoms with Crippen LogP contribution in [0.3, 0.4) is 0 Å². The van der Waals surface area contributed by atoms with Gasteiger partial charge in [0.2, 0.25) is 10.9 Å². The number of fused-ring (bicyclic) bond motifs is 3. The van der Waals surface area contributed by atoms with E-state index >= 15 is 0 Å². The number of aryl methyl sites for hydroxylation is 1. The molecular weight excluding hydrogens is 417 g/mol. The zero-order valence-electron chi connectivity index (χ0n) is 16.4. The minimum Gasteiger partial charge on any atom is -0.279 e. The number of para-hydroxylation sites is 1. The maximum absolute atomic E-state index is 13.0. The molecular formula is C21H16FN7OS. The quantitative estimate of drug-likeness (QED) is 0.428. The Hall–Kier alpha value is -3.79. The van der Waals surface area contributed by atoms with Crippen molar-refractivity contribution >= 4 is 40.6 Å². The zero-order chi connectivity index (χ0) is 21.4. The SMILES string of the molecule is Cn1c(=O)c2ccccc2n2c(CSc3n[nH]c(C=Cc4ccc(F)cc4)n3)nnc12. The average molecular weight is 433 g/mol. The van der Waals surface area contributed by atoms with E-state index in [0.29, 0.717) is 33.7 Å². The third-order valence-corrected chi connectivity index (χ3v) is 5.65. The lowest BCUT2D eigenvalue weighted by Crippen LogP contribution is -2.20. The van der Waals surface area contributed by atoms with E-state index in [1.165, 1.54) is 28.5 Å². The van der Waals surface area contributed by atoms with Gasteiger partial charge in [-0.3, -0.25) is 18.9 Å². The van der Waals surface area contributed by atoms with E-state index in [-0.39, 0.29) is 11.4 Å². The Morgan fingerprint density at radius 2 is 1.90 bits per heavy atom. The largest absolute Gasteiger partial charge is 0.279 e. The second-order valence-electron chi connectivity index (χ2n) is 6.81. The lowest BCUT2D eigenvalue weighted by atomic mass is 10.2. The van der Waals surface area contributed by atoms with Crippen LogP contribution in [0.1, 0.15) is 17.2 Å². The van der Waals surface area contributed by atoms with Crippen molar-refractivity contribution in [1.82, 2.24) is 34.3 Å². The maximum atomic E-state index is 13.0. The van der Waals surface area contributed by atoms with E-state index < -0.39 is 0 Å². The summed E-state index contributed by atoms with van der Waals surface area (Å²) < 4.78 is 16.4. The van der Waals surface area contributed by atoms with Gasteiger partial charge in [-0.25, -0.2) is 9.37 Å². The van der Waals surface area contributed by atoms with Crippen LogP contribution in [0.5, 0.6) is 0 Å². The molecule has 0 saturated heterocycles. The molecule has 154 valence electrons. The van der Waals surface area contributed by atoms with Crippen LogP contribution in [0.2, 0.25) is 0 Å². The van der Waals surface area contributed by atoms with Crippen LogP contribution < -0.4 is 5.56 Å². The molecule has 10 heteroatoms. The predicted octanol–water partition coefficient (Wildman–Crippen LogP) is 3.30. The van der Waals surface area contributed by atoms with Gasteiger partial charge in [0.05, 0.1) is 16.7 Å². The number of halogens is 1. The Morgan fingerprint density at radius 1 is 1.10 bits per heavy atom. The second-order valence-corrected chi connectivity index (χ2v) is 7.75. The summed E-state index contributed by atoms with van der Waals surface area (Å²) in [7, 11) is 1.69. The van der Waals surface area contributed by atoms with E-state index in [4.69, 9.17) is 0 Å². The third kappa shape index (κ3) is 3.61. The highest BCUT2D eigenvalue weighted by atomic mass is 32.2. The van der Waals surface area contributed by atoms with Crippen molar-refractivity contribution in [3.8, 4) is 0 Å². The molecule has 0 radical (unpaired) electrons. The van der Waals surface area contributed by atoms with Gasteiger partial charge in [0.15, 0.2) is 0 Å². The molecule has 0 amide bonds. The number of nitrogens with zero attached hydrogens (tertiary/aromatic N) is 6. The molecule has 0 atom stereocenters. The van der Waals surface area contributed by atoms with Gasteiger partial charge in [-0.05, 0) is 35.9 Å². The Labute approximate surface area is 179 Å². The molecule has 3 aromatic heterocycles. The summed E-state index contributed by atoms with van der Waals surface area (Å²) in [6, 6.07) is 13.6. The standard InChI is InChI=1S/C21H16FN7OS/c1-28-19(30)15-4-2-3-5-16(15)29-18(25-27-21(28)29)12-31-20-23-17(24-26-20)11-8-13-6-9-14(22)10-7-13/h2-11H,12H2,1H3,(H,23,24,26). The minimum absolute atomic E-state index is 0.110. The lowest BCUT2D eigenvalue weighted by Gasteiger charge is -2.07. The van der Waals surface area contributed by atoms with Gasteiger partial charge < -0.3 is 0 Å². The highest BCUT2D eigenvalue weighted by Crippen LogP contribution is 2.21. The van der Waals surface area contributed by atoms with Crippen molar-refractivity contribution in [1.29, 1.82) is 0 Å². The van der Waals surface area contributed by atoms with Crippen molar-refractivity contribution in [3.05, 3.63) is 81.9 Å². The van der Waals surface area contributed by atoms with Crippen LogP contribution in [-0.4, -0.2) is 34.3 Å². The van der Waals surface area contributed by atoms with Crippen molar-refractivity contribution in [2.24, 2.45) is 7.05 Å². The highest BCUT2D eigenvalue weighted by Gasteiger charge is 2.15. The topological polar surface area (TPSA) is 93.8 Å². The van der Waals surface area contributed by atoms with Crippen molar-refractivity contribution < 1.29 is 4.39 Å². The molecule has 5 rings (SSSR count). The number of benzene rings is 2. The number of aromatic amines is 1. The number of hydrogen-bond donors (Lipinski definition) is 1. The Kier molecular flexibility index (Phi) is 4.83. The number of nitrogens with one attached hydrogen (secondary N) is 1. The van der Waals surface area contributed by atoms with E-state index in [2.05, 4.69) is 25.4 Å². The first kappa shape index (κ1) is 19.2. The van der Waals surface area contributed by atoms with Crippen molar-refractivity contribution in [2.45, 2.75) is 10.9 Å². The van der Waals surface area contributed by atoms with Gasteiger partial charge in [-0.2, -0.15) is 0 Å². The molecule has 0 aliphatic carbocycles. The first-order valence-electron chi connectivity index (χ1n) is 9.41. The van der Waals surface area contributed by atoms with Crippen molar-refractivity contribution in [2.75, 3.05) is 0 Å². The normalized spacial score (nSPS) is 11.8. The molecule has 0 aliphatic rings. The summed E-state index contributed by atoms with van der Waals surface area (Å²) in [5.41, 5.74) is 1.51. The molecule has 0 aliphatic heterocycles. The maximum Gasteiger partial charge on any atom is 0.262 e. The predicted molar refractivity (Wildman–Crippen MR) is 117 cm³/mol. The van der Waals surface area contributed by atoms with E-state index in [1.54, 1.807) is 31.3 Å². The number of rotatable bonds is 5. The van der Waals surface area contributed by atoms with Gasteiger partial charge >= 0.3 is 0 Å². The monoisotopic (exact) mass is 433 g/mol. The fourth-order valence-electron chi connectivity index (χ4n) is 3.26. The molecule has 0 fully saturated rings. The first-order valence-corrected chi connectivity index (χ1v) is 10.4. The lowest BCUT2D eigenvalue weighted by molar-refractivity contribution is 0.628. The fraction of sp³-hybridized carbons (Fsp3) is 0.0952. The van der Waals surface area contributed by atoms with E-state index in [9.17, 15) is 9.18 Å². The van der Waals surface area contributed by atoms with Crippen LogP contribution in [0.15, 0.2) is 58.5 Å². The summed E-state index contributed by atoms with van der Waals surface area (Å²) in [5, 5.41) is 16.7. The number of thioether (sulfide) groups is 1. The van der Waals surface area contributed by atoms with Crippen LogP contribution in [-0.2, 0) is 12.8 Å². The van der Waals surface area contributed by atoms with Gasteiger partial charge in [0, 0.05) is 7.05 Å². The molecule has 5 aromatic rings. The molecule has 2 aromatic carbocycles. The van der Waals surface area contributed by atoms with Gasteiger partial charge in [-0.1, -0.05) is 42.1 Å².